The van der Waals surface area contributed by atoms with Crippen molar-refractivity contribution in [3.8, 4) is 56.6 Å². The van der Waals surface area contributed by atoms with Crippen molar-refractivity contribution in [1.29, 1.82) is 0 Å². The van der Waals surface area contributed by atoms with Crippen LogP contribution in [0, 0.1) is 51.2 Å². The van der Waals surface area contributed by atoms with E-state index in [1.54, 1.807) is 24.3 Å². The van der Waals surface area contributed by atoms with Gasteiger partial charge in [-0.05, 0) is 199 Å². The molecular formula is C107H160F2HfN2O4Si4. The standard InChI is InChI=1S/C105H152F2N2O4Si4.2CH3.Hf/c1-62(2)114(63(3)4,64(5)6)80-38-42-84-85-43-39-81(115(65(7)8,66(9)10)67(11)12)57-93(85)108(92(84)56-80)96-52-76(104(33,34)60-102(27,28)29)50-88(98(96)110)90-54-78(106)48-74(25)100(90)112-46-37-47-113-101-75(26)49-79(107)55-91(101)89-51-77(105(35,36)61-103(30,31)32)53-97(99(89)111)109-94-58-82(116(68(13)14,69(15)16)70(17)18)40-44-86(94)87-45-41-83(59-95(87)109)117(71(19)20,72(21)22)73(23)24;;;/h38-45,48-59,62-73,110-111H,37,46-47,60-61H2,1-36H3;2*1H3;/q;2*-1;/p+2. The number of fused-ring (bicyclic) bond motifs is 6. The minimum absolute atomic E-state index is 0. The number of ether oxygens (including phenoxy) is 2. The van der Waals surface area contributed by atoms with Gasteiger partial charge in [0.1, 0.15) is 29.6 Å². The van der Waals surface area contributed by atoms with Crippen molar-refractivity contribution in [2.75, 3.05) is 13.2 Å². The zero-order valence-electron chi connectivity index (χ0n) is 81.9. The van der Waals surface area contributed by atoms with Gasteiger partial charge in [0.15, 0.2) is 13.2 Å². The molecule has 4 N–H and O–H groups in total. The topological polar surface area (TPSA) is 75.9 Å². The van der Waals surface area contributed by atoms with E-state index in [9.17, 15) is 10.2 Å². The molecule has 0 unspecified atom stereocenters. The zero-order valence-corrected chi connectivity index (χ0v) is 89.5. The van der Waals surface area contributed by atoms with Crippen molar-refractivity contribution < 1.29 is 54.3 Å². The molecule has 0 radical (unpaired) electrons. The van der Waals surface area contributed by atoms with Crippen molar-refractivity contribution >= 4 is 96.7 Å². The predicted octanol–water partition coefficient (Wildman–Crippen LogP) is 31.0. The second kappa shape index (κ2) is 37.4. The van der Waals surface area contributed by atoms with Crippen LogP contribution in [0.1, 0.15) is 277 Å². The molecule has 10 aromatic rings. The van der Waals surface area contributed by atoms with Gasteiger partial charge in [-0.1, -0.05) is 305 Å². The van der Waals surface area contributed by atoms with Crippen LogP contribution >= 0.6 is 0 Å². The molecule has 8 aromatic carbocycles. The average Bonchev–Trinajstić information content (AvgIpc) is 1.55. The molecule has 0 bridgehead atoms. The zero-order chi connectivity index (χ0) is 87.3. The number of phenolic OH excluding ortho intramolecular Hbond substituents is 2. The van der Waals surface area contributed by atoms with Gasteiger partial charge in [-0.3, -0.25) is 0 Å². The van der Waals surface area contributed by atoms with E-state index in [1.807, 2.05) is 13.8 Å². The minimum atomic E-state index is -2.23. The molecule has 0 amide bonds. The number of hydrogen-bond acceptors (Lipinski definition) is 2. The number of hydrogen-bond donors (Lipinski definition) is 2. The van der Waals surface area contributed by atoms with Crippen LogP contribution in [0.2, 0.25) is 66.5 Å². The van der Waals surface area contributed by atoms with Gasteiger partial charge in [-0.25, -0.2) is 8.78 Å². The fourth-order valence-corrected chi connectivity index (χ4v) is 53.0. The summed E-state index contributed by atoms with van der Waals surface area (Å²) in [4.78, 5) is 0. The average molecular weight is 1870 g/mol. The van der Waals surface area contributed by atoms with Gasteiger partial charge in [-0.2, -0.15) is 0 Å². The van der Waals surface area contributed by atoms with Crippen LogP contribution in [-0.4, -0.2) is 74.3 Å². The number of aromatic nitrogens is 2. The summed E-state index contributed by atoms with van der Waals surface area (Å²) in [6, 6.07) is 44.5. The molecular weight excluding hydrogens is 1710 g/mol. The Morgan fingerprint density at radius 1 is 0.325 bits per heavy atom. The molecule has 0 aliphatic rings. The second-order valence-corrected chi connectivity index (χ2v) is 67.2. The van der Waals surface area contributed by atoms with E-state index in [1.165, 1.54) is 20.7 Å². The number of aliphatic hydroxyl groups is 2. The van der Waals surface area contributed by atoms with Gasteiger partial charge >= 0.3 is 0 Å². The molecule has 0 atom stereocenters. The summed E-state index contributed by atoms with van der Waals surface area (Å²) in [5.41, 5.74) is 15.9. The number of nitrogens with zero attached hydrogens (tertiary/aromatic N) is 2. The molecule has 0 aliphatic carbocycles. The van der Waals surface area contributed by atoms with Crippen LogP contribution < -0.4 is 20.7 Å². The summed E-state index contributed by atoms with van der Waals surface area (Å²) in [6.45, 7) is 86.1. The first kappa shape index (κ1) is 101. The molecule has 10 rings (SSSR count). The summed E-state index contributed by atoms with van der Waals surface area (Å²) >= 11 is 0. The van der Waals surface area contributed by atoms with Gasteiger partial charge < -0.3 is 43.7 Å². The number of aryl methyl sites for hydroxylation is 2. The largest absolute Gasteiger partial charge is 0.582 e. The van der Waals surface area contributed by atoms with Crippen LogP contribution in [-0.2, 0) is 36.7 Å². The summed E-state index contributed by atoms with van der Waals surface area (Å²) in [5.74, 6) is 0.594. The van der Waals surface area contributed by atoms with Crippen LogP contribution in [0.25, 0.3) is 77.2 Å². The Balaban J connectivity index is 0.00000661. The Morgan fingerprint density at radius 2 is 0.550 bits per heavy atom. The Labute approximate surface area is 750 Å². The van der Waals surface area contributed by atoms with E-state index in [-0.39, 0.29) is 63.0 Å². The molecule has 656 valence electrons. The van der Waals surface area contributed by atoms with E-state index in [0.29, 0.717) is 142 Å². The molecule has 0 spiro atoms. The Bertz CT molecular complexity index is 4690. The normalized spacial score (nSPS) is 13.3. The van der Waals surface area contributed by atoms with Crippen LogP contribution in [0.5, 0.6) is 23.0 Å². The third-order valence-corrected chi connectivity index (χ3v) is 57.3. The number of phenols is 2. The Morgan fingerprint density at radius 3 is 0.758 bits per heavy atom. The Kier molecular flexibility index (Phi) is 31.5. The maximum absolute atomic E-state index is 16.9. The van der Waals surface area contributed by atoms with Crippen LogP contribution in [0.4, 0.5) is 8.78 Å². The van der Waals surface area contributed by atoms with E-state index in [2.05, 4.69) is 342 Å². The first-order valence-electron chi connectivity index (χ1n) is 45.1. The van der Waals surface area contributed by atoms with Gasteiger partial charge in [0.25, 0.3) is 11.5 Å². The van der Waals surface area contributed by atoms with E-state index in [4.69, 9.17) is 9.47 Å². The molecule has 0 saturated heterocycles. The SMILES string of the molecule is Cc1cc(F)cc(-c2cc(C(C)(C)CC(C)(C)C)cc(-n3c4cc([Si](C(C)C)(C(C)C)C(C)C)ccc4c4ccc([Si](C(C)C)(C(C)C)C(C)C)cc43)c2O)c1[OH+]CCC[OH+]c1c(C)cc(F)cc1-c1cc(C(C)(C)CC(C)(C)C)cc(-n2c3cc([Si](C(C)C)(C(C)C)C(C)C)ccc3c3ccc([Si](C(C)C)(C(C)C)C(C)C)cc32)c1O.[CH3-].[CH3-].[Hf]. The molecule has 13 heteroatoms. The van der Waals surface area contributed by atoms with E-state index in [0.717, 1.165) is 67.6 Å². The third kappa shape index (κ3) is 17.9. The van der Waals surface area contributed by atoms with Gasteiger partial charge in [-0.15, -0.1) is 0 Å². The summed E-state index contributed by atoms with van der Waals surface area (Å²) in [5, 5.41) is 38.1. The molecule has 0 aliphatic heterocycles. The molecule has 6 nitrogen and oxygen atoms in total. The summed E-state index contributed by atoms with van der Waals surface area (Å²) in [6.07, 6.45) is 2.19. The summed E-state index contributed by atoms with van der Waals surface area (Å²) < 4.78 is 49.5. The third-order valence-electron chi connectivity index (χ3n) is 29.1. The minimum Gasteiger partial charge on any atom is -0.582 e. The first-order valence-corrected chi connectivity index (χ1v) is 54.0. The first-order chi connectivity index (χ1) is 54.1. The predicted molar refractivity (Wildman–Crippen MR) is 533 cm³/mol. The van der Waals surface area contributed by atoms with E-state index >= 15 is 8.78 Å². The van der Waals surface area contributed by atoms with Crippen molar-refractivity contribution in [3.63, 3.8) is 0 Å². The molecule has 0 saturated carbocycles. The fourth-order valence-electron chi connectivity index (χ4n) is 26.0. The number of benzene rings is 8. The Hall–Kier alpha value is -5.84. The van der Waals surface area contributed by atoms with Crippen LogP contribution in [0.3, 0.4) is 0 Å². The van der Waals surface area contributed by atoms with Crippen molar-refractivity contribution in [2.45, 2.75) is 346 Å². The molecule has 120 heavy (non-hydrogen) atoms. The van der Waals surface area contributed by atoms with Gasteiger partial charge in [0, 0.05) is 69.6 Å². The second-order valence-electron chi connectivity index (χ2n) is 43.6. The van der Waals surface area contributed by atoms with Gasteiger partial charge in [0.05, 0.1) is 76.9 Å². The molecule has 0 fully saturated rings. The van der Waals surface area contributed by atoms with Crippen LogP contribution in [0.15, 0.2) is 121 Å². The fraction of sp³-hybridized carbons (Fsp3) is 0.533. The number of aromatic hydroxyl groups is 4. The number of rotatable bonds is 30. The van der Waals surface area contributed by atoms with Gasteiger partial charge in [0.2, 0.25) is 0 Å². The maximum Gasteiger partial charge on any atom is 0.265 e. The van der Waals surface area contributed by atoms with Crippen molar-refractivity contribution in [3.05, 3.63) is 170 Å². The smallest absolute Gasteiger partial charge is 0.265 e. The molecule has 2 aromatic heterocycles. The molecule has 2 heterocycles. The van der Waals surface area contributed by atoms with Crippen molar-refractivity contribution in [2.24, 2.45) is 10.8 Å². The van der Waals surface area contributed by atoms with Crippen molar-refractivity contribution in [1.82, 2.24) is 9.13 Å². The monoisotopic (exact) mass is 1870 g/mol. The quantitative estimate of drug-likeness (QED) is 0.0204. The summed E-state index contributed by atoms with van der Waals surface area (Å²) in [7, 11) is -8.93. The van der Waals surface area contributed by atoms with E-state index < -0.39 is 54.8 Å². The maximum atomic E-state index is 16.9. The number of halogens is 2.